The molecular formula is C24H26O3Se. The van der Waals surface area contributed by atoms with Crippen LogP contribution >= 0.6 is 0 Å². The number of ether oxygens (including phenoxy) is 2. The quantitative estimate of drug-likeness (QED) is 0.553. The number of carbonyl (C=O) groups excluding carboxylic acids is 1. The van der Waals surface area contributed by atoms with E-state index in [1.807, 2.05) is 30.3 Å². The molecule has 146 valence electrons. The van der Waals surface area contributed by atoms with Crippen LogP contribution in [0.2, 0.25) is 0 Å². The molecule has 0 unspecified atom stereocenters. The van der Waals surface area contributed by atoms with Crippen LogP contribution in [0.3, 0.4) is 0 Å². The predicted molar refractivity (Wildman–Crippen MR) is 112 cm³/mol. The number of benzene rings is 2. The summed E-state index contributed by atoms with van der Waals surface area (Å²) in [6, 6.07) is 20.6. The molecule has 2 aromatic rings. The Bertz CT molecular complexity index is 806. The van der Waals surface area contributed by atoms with Crippen LogP contribution in [0, 0.1) is 5.92 Å². The van der Waals surface area contributed by atoms with Gasteiger partial charge < -0.3 is 0 Å². The normalized spacial score (nSPS) is 18.9. The van der Waals surface area contributed by atoms with Crippen molar-refractivity contribution in [2.45, 2.75) is 37.9 Å². The third kappa shape index (κ3) is 5.21. The summed E-state index contributed by atoms with van der Waals surface area (Å²) < 4.78 is 13.2. The number of hydrogen-bond donors (Lipinski definition) is 0. The van der Waals surface area contributed by atoms with Crippen LogP contribution in [0.15, 0.2) is 66.7 Å². The van der Waals surface area contributed by atoms with Crippen molar-refractivity contribution in [2.24, 2.45) is 5.92 Å². The van der Waals surface area contributed by atoms with Crippen molar-refractivity contribution in [3.63, 3.8) is 0 Å². The van der Waals surface area contributed by atoms with Gasteiger partial charge in [0.1, 0.15) is 0 Å². The second kappa shape index (κ2) is 9.19. The van der Waals surface area contributed by atoms with Gasteiger partial charge in [0.25, 0.3) is 0 Å². The van der Waals surface area contributed by atoms with Crippen LogP contribution < -0.4 is 4.46 Å². The summed E-state index contributed by atoms with van der Waals surface area (Å²) in [6.07, 6.45) is 6.83. The van der Waals surface area contributed by atoms with Crippen LogP contribution in [0.5, 0.6) is 0 Å². The standard InChI is InChI=1S/C24H26O3Se/c25-23(28-21-10-5-2-6-11-21)18-24(26-16-17-27-24)15-7-12-22(20-13-14-20)19-8-3-1-4-9-19/h1-6,8-12,20H,7,13-18H2/b22-12+. The molecule has 28 heavy (non-hydrogen) atoms. The van der Waals surface area contributed by atoms with Crippen molar-refractivity contribution in [3.05, 3.63) is 72.3 Å². The summed E-state index contributed by atoms with van der Waals surface area (Å²) in [5, 5.41) is 0. The van der Waals surface area contributed by atoms with Gasteiger partial charge in [0.05, 0.1) is 0 Å². The monoisotopic (exact) mass is 442 g/mol. The Labute approximate surface area is 173 Å². The summed E-state index contributed by atoms with van der Waals surface area (Å²) >= 11 is -0.192. The molecule has 0 N–H and O–H groups in total. The van der Waals surface area contributed by atoms with Gasteiger partial charge in [-0.05, 0) is 0 Å². The Hall–Kier alpha value is -1.71. The number of rotatable bonds is 9. The fraction of sp³-hybridized carbons (Fsp3) is 0.375. The van der Waals surface area contributed by atoms with E-state index < -0.39 is 5.79 Å². The predicted octanol–water partition coefficient (Wildman–Crippen LogP) is 3.95. The van der Waals surface area contributed by atoms with E-state index in [2.05, 4.69) is 36.4 Å². The van der Waals surface area contributed by atoms with Gasteiger partial charge in [-0.25, -0.2) is 0 Å². The average Bonchev–Trinajstić information content (AvgIpc) is 3.46. The topological polar surface area (TPSA) is 35.5 Å². The first-order valence-corrected chi connectivity index (χ1v) is 11.7. The van der Waals surface area contributed by atoms with E-state index >= 15 is 0 Å². The molecule has 0 bridgehead atoms. The molecule has 1 heterocycles. The maximum absolute atomic E-state index is 12.7. The zero-order valence-electron chi connectivity index (χ0n) is 16.0. The molecule has 2 fully saturated rings. The van der Waals surface area contributed by atoms with Gasteiger partial charge in [0.15, 0.2) is 0 Å². The van der Waals surface area contributed by atoms with E-state index in [1.54, 1.807) is 0 Å². The van der Waals surface area contributed by atoms with Crippen LogP contribution in [-0.4, -0.2) is 38.6 Å². The molecular weight excluding hydrogens is 415 g/mol. The minimum atomic E-state index is -0.741. The van der Waals surface area contributed by atoms with Crippen molar-refractivity contribution in [3.8, 4) is 0 Å². The minimum absolute atomic E-state index is 0.192. The summed E-state index contributed by atoms with van der Waals surface area (Å²) in [6.45, 7) is 1.15. The van der Waals surface area contributed by atoms with Crippen LogP contribution in [0.4, 0.5) is 0 Å². The van der Waals surface area contributed by atoms with Crippen molar-refractivity contribution >= 4 is 29.7 Å². The summed E-state index contributed by atoms with van der Waals surface area (Å²) in [5.74, 6) is -0.0538. The first kappa shape index (κ1) is 19.6. The van der Waals surface area contributed by atoms with E-state index in [9.17, 15) is 4.79 Å². The Balaban J connectivity index is 1.39. The van der Waals surface area contributed by atoms with E-state index in [0.29, 0.717) is 25.6 Å². The first-order chi connectivity index (χ1) is 13.7. The van der Waals surface area contributed by atoms with Crippen molar-refractivity contribution in [1.82, 2.24) is 0 Å². The van der Waals surface area contributed by atoms with Gasteiger partial charge in [-0.3, -0.25) is 0 Å². The Kier molecular flexibility index (Phi) is 6.43. The molecule has 0 spiro atoms. The molecule has 0 amide bonds. The zero-order valence-corrected chi connectivity index (χ0v) is 17.7. The number of hydrogen-bond acceptors (Lipinski definition) is 3. The Morgan fingerprint density at radius 3 is 2.29 bits per heavy atom. The van der Waals surface area contributed by atoms with Gasteiger partial charge in [-0.1, -0.05) is 0 Å². The van der Waals surface area contributed by atoms with Crippen molar-refractivity contribution in [2.75, 3.05) is 13.2 Å². The Morgan fingerprint density at radius 1 is 1.00 bits per heavy atom. The molecule has 1 aliphatic carbocycles. The molecule has 2 aliphatic rings. The van der Waals surface area contributed by atoms with Gasteiger partial charge in [-0.2, -0.15) is 0 Å². The molecule has 4 heteroatoms. The third-order valence-electron chi connectivity index (χ3n) is 5.22. The Morgan fingerprint density at radius 2 is 1.64 bits per heavy atom. The molecule has 1 saturated heterocycles. The fourth-order valence-corrected chi connectivity index (χ4v) is 5.48. The average molecular weight is 441 g/mol. The summed E-state index contributed by atoms with van der Waals surface area (Å²) in [5.41, 5.74) is 2.75. The number of allylic oxidation sites excluding steroid dienone is 2. The van der Waals surface area contributed by atoms with Crippen LogP contribution in [-0.2, 0) is 14.3 Å². The van der Waals surface area contributed by atoms with Gasteiger partial charge in [0, 0.05) is 0 Å². The van der Waals surface area contributed by atoms with Crippen molar-refractivity contribution < 1.29 is 14.3 Å². The second-order valence-electron chi connectivity index (χ2n) is 7.41. The molecule has 2 aromatic carbocycles. The first-order valence-electron chi connectivity index (χ1n) is 10.0. The maximum atomic E-state index is 12.7. The second-order valence-corrected chi connectivity index (χ2v) is 9.78. The van der Waals surface area contributed by atoms with Gasteiger partial charge in [-0.15, -0.1) is 0 Å². The molecule has 4 rings (SSSR count). The third-order valence-corrected chi connectivity index (χ3v) is 7.06. The molecule has 3 nitrogen and oxygen atoms in total. The summed E-state index contributed by atoms with van der Waals surface area (Å²) in [7, 11) is 0. The van der Waals surface area contributed by atoms with Gasteiger partial charge >= 0.3 is 173 Å². The molecule has 0 aromatic heterocycles. The van der Waals surface area contributed by atoms with E-state index in [-0.39, 0.29) is 19.6 Å². The fourth-order valence-electron chi connectivity index (χ4n) is 3.70. The number of carbonyl (C=O) groups is 1. The molecule has 0 atom stereocenters. The van der Waals surface area contributed by atoms with Gasteiger partial charge in [0.2, 0.25) is 0 Å². The molecule has 1 aliphatic heterocycles. The SMILES string of the molecule is O=C(CC1(CC/C=C(\c2ccccc2)C2CC2)OCCO1)[Se]c1ccccc1. The zero-order chi connectivity index (χ0) is 19.2. The van der Waals surface area contributed by atoms with Crippen molar-refractivity contribution in [1.29, 1.82) is 0 Å². The molecule has 1 saturated carbocycles. The summed E-state index contributed by atoms with van der Waals surface area (Å²) in [4.78, 5) is 12.7. The molecule has 0 radical (unpaired) electrons. The van der Waals surface area contributed by atoms with E-state index in [0.717, 1.165) is 17.3 Å². The van der Waals surface area contributed by atoms with Crippen LogP contribution in [0.25, 0.3) is 5.57 Å². The van der Waals surface area contributed by atoms with Crippen LogP contribution in [0.1, 0.15) is 37.7 Å². The van der Waals surface area contributed by atoms with E-state index in [4.69, 9.17) is 9.47 Å². The van der Waals surface area contributed by atoms with E-state index in [1.165, 1.54) is 24.0 Å².